The molecule has 0 aliphatic rings. The van der Waals surface area contributed by atoms with Gasteiger partial charge in [-0.2, -0.15) is 13.2 Å². The second-order valence-corrected chi connectivity index (χ2v) is 7.25. The molecule has 0 bridgehead atoms. The molecule has 0 saturated heterocycles. The molecular formula is C19H17F3N4O3S. The summed E-state index contributed by atoms with van der Waals surface area (Å²) in [6.45, 7) is 0.741. The van der Waals surface area contributed by atoms with Crippen LogP contribution in [0.2, 0.25) is 0 Å². The number of benzene rings is 2. The van der Waals surface area contributed by atoms with Gasteiger partial charge in [-0.3, -0.25) is 10.1 Å². The van der Waals surface area contributed by atoms with E-state index >= 15 is 0 Å². The molecule has 0 saturated carbocycles. The quantitative estimate of drug-likeness (QED) is 0.378. The van der Waals surface area contributed by atoms with E-state index in [2.05, 4.69) is 10.2 Å². The van der Waals surface area contributed by atoms with Crippen molar-refractivity contribution in [1.82, 2.24) is 14.8 Å². The van der Waals surface area contributed by atoms with E-state index < -0.39 is 22.4 Å². The van der Waals surface area contributed by atoms with Gasteiger partial charge in [-0.25, -0.2) is 0 Å². The normalized spacial score (nSPS) is 11.6. The van der Waals surface area contributed by atoms with E-state index in [1.54, 1.807) is 4.57 Å². The summed E-state index contributed by atoms with van der Waals surface area (Å²) in [6.07, 6.45) is -4.19. The first-order valence-corrected chi connectivity index (χ1v) is 9.59. The Kier molecular flexibility index (Phi) is 6.73. The number of halogens is 3. The van der Waals surface area contributed by atoms with Crippen LogP contribution in [0.3, 0.4) is 0 Å². The van der Waals surface area contributed by atoms with Crippen molar-refractivity contribution in [2.45, 2.75) is 29.2 Å². The average Bonchev–Trinajstić information content (AvgIpc) is 3.07. The number of alkyl halides is 3. The summed E-state index contributed by atoms with van der Waals surface area (Å²) in [6, 6.07) is 12.0. The van der Waals surface area contributed by atoms with E-state index in [1.807, 2.05) is 30.3 Å². The van der Waals surface area contributed by atoms with Crippen molar-refractivity contribution in [3.8, 4) is 0 Å². The summed E-state index contributed by atoms with van der Waals surface area (Å²) in [4.78, 5) is 10.6. The molecule has 1 aromatic heterocycles. The number of hydrogen-bond donors (Lipinski definition) is 0. The fraction of sp³-hybridized carbons (Fsp3) is 0.263. The van der Waals surface area contributed by atoms with Crippen LogP contribution in [0.1, 0.15) is 17.0 Å². The molecule has 0 radical (unpaired) electrons. The van der Waals surface area contributed by atoms with Crippen molar-refractivity contribution in [2.24, 2.45) is 0 Å². The summed E-state index contributed by atoms with van der Waals surface area (Å²) in [5, 5.41) is 20.0. The number of ether oxygens (including phenoxy) is 1. The summed E-state index contributed by atoms with van der Waals surface area (Å²) in [5.41, 5.74) is -0.717. The number of methoxy groups -OCH3 is 1. The molecule has 2 aromatic carbocycles. The SMILES string of the molecule is COCCn1c(Cc2ccccc2)nnc1Sc1ccc(C(F)(F)F)cc1[N+](=O)[O-]. The molecule has 158 valence electrons. The third-order valence-electron chi connectivity index (χ3n) is 4.20. The maximum Gasteiger partial charge on any atom is 0.416 e. The molecule has 0 spiro atoms. The number of nitro benzene ring substituents is 1. The maximum absolute atomic E-state index is 12.9. The van der Waals surface area contributed by atoms with Crippen molar-refractivity contribution in [1.29, 1.82) is 0 Å². The van der Waals surface area contributed by atoms with E-state index in [-0.39, 0.29) is 4.90 Å². The number of aromatic nitrogens is 3. The van der Waals surface area contributed by atoms with E-state index in [1.165, 1.54) is 7.11 Å². The largest absolute Gasteiger partial charge is 0.416 e. The van der Waals surface area contributed by atoms with Crippen LogP contribution in [0.15, 0.2) is 58.6 Å². The third-order valence-corrected chi connectivity index (χ3v) is 5.25. The van der Waals surface area contributed by atoms with Gasteiger partial charge in [0.25, 0.3) is 5.69 Å². The minimum Gasteiger partial charge on any atom is -0.383 e. The zero-order chi connectivity index (χ0) is 21.7. The van der Waals surface area contributed by atoms with Gasteiger partial charge in [0, 0.05) is 26.1 Å². The van der Waals surface area contributed by atoms with Gasteiger partial charge in [0.15, 0.2) is 5.16 Å². The van der Waals surface area contributed by atoms with Crippen LogP contribution >= 0.6 is 11.8 Å². The van der Waals surface area contributed by atoms with Crippen molar-refractivity contribution in [3.05, 3.63) is 75.6 Å². The summed E-state index contributed by atoms with van der Waals surface area (Å²) >= 11 is 0.895. The van der Waals surface area contributed by atoms with E-state index in [0.29, 0.717) is 36.6 Å². The first kappa shape index (κ1) is 21.8. The van der Waals surface area contributed by atoms with Crippen LogP contribution in [0, 0.1) is 10.1 Å². The molecule has 1 heterocycles. The number of nitrogens with zero attached hydrogens (tertiary/aromatic N) is 4. The van der Waals surface area contributed by atoms with Crippen LogP contribution in [-0.2, 0) is 23.9 Å². The molecule has 0 fully saturated rings. The topological polar surface area (TPSA) is 83.1 Å². The molecular weight excluding hydrogens is 421 g/mol. The molecule has 0 unspecified atom stereocenters. The van der Waals surface area contributed by atoms with Crippen LogP contribution in [0.4, 0.5) is 18.9 Å². The van der Waals surface area contributed by atoms with Gasteiger partial charge < -0.3 is 9.30 Å². The highest BCUT2D eigenvalue weighted by Crippen LogP contribution is 2.39. The van der Waals surface area contributed by atoms with Gasteiger partial charge in [0.1, 0.15) is 5.82 Å². The summed E-state index contributed by atoms with van der Waals surface area (Å²) < 4.78 is 45.7. The molecule has 0 aliphatic carbocycles. The lowest BCUT2D eigenvalue weighted by Crippen LogP contribution is -2.10. The Morgan fingerprint density at radius 3 is 2.53 bits per heavy atom. The Labute approximate surface area is 174 Å². The molecule has 0 amide bonds. The second-order valence-electron chi connectivity index (χ2n) is 6.25. The molecule has 3 aromatic rings. The van der Waals surface area contributed by atoms with Gasteiger partial charge in [0.05, 0.1) is 22.0 Å². The van der Waals surface area contributed by atoms with Gasteiger partial charge in [-0.15, -0.1) is 10.2 Å². The Morgan fingerprint density at radius 1 is 1.17 bits per heavy atom. The Balaban J connectivity index is 1.95. The molecule has 7 nitrogen and oxygen atoms in total. The van der Waals surface area contributed by atoms with E-state index in [9.17, 15) is 23.3 Å². The molecule has 3 rings (SSSR count). The van der Waals surface area contributed by atoms with Crippen LogP contribution in [0.25, 0.3) is 0 Å². The minimum absolute atomic E-state index is 0.0466. The predicted molar refractivity (Wildman–Crippen MR) is 103 cm³/mol. The van der Waals surface area contributed by atoms with Crippen molar-refractivity contribution in [3.63, 3.8) is 0 Å². The zero-order valence-electron chi connectivity index (χ0n) is 15.8. The summed E-state index contributed by atoms with van der Waals surface area (Å²) in [7, 11) is 1.54. The van der Waals surface area contributed by atoms with Crippen molar-refractivity contribution >= 4 is 17.4 Å². The van der Waals surface area contributed by atoms with Crippen molar-refractivity contribution in [2.75, 3.05) is 13.7 Å². The standard InChI is InChI=1S/C19H17F3N4O3S/c1-29-10-9-25-17(11-13-5-3-2-4-6-13)23-24-18(25)30-16-8-7-14(19(20,21)22)12-15(16)26(27)28/h2-8,12H,9-11H2,1H3. The molecule has 0 aliphatic heterocycles. The zero-order valence-corrected chi connectivity index (χ0v) is 16.6. The smallest absolute Gasteiger partial charge is 0.383 e. The first-order chi connectivity index (χ1) is 14.3. The molecule has 11 heteroatoms. The predicted octanol–water partition coefficient (Wildman–Crippen LogP) is 4.59. The lowest BCUT2D eigenvalue weighted by Gasteiger charge is -2.11. The minimum atomic E-state index is -4.67. The lowest BCUT2D eigenvalue weighted by atomic mass is 10.1. The Hall–Kier alpha value is -2.92. The van der Waals surface area contributed by atoms with Crippen LogP contribution in [0.5, 0.6) is 0 Å². The maximum atomic E-state index is 12.9. The van der Waals surface area contributed by atoms with Gasteiger partial charge >= 0.3 is 6.18 Å². The number of nitro groups is 1. The van der Waals surface area contributed by atoms with Gasteiger partial charge in [-0.1, -0.05) is 30.3 Å². The van der Waals surface area contributed by atoms with Crippen LogP contribution in [-0.4, -0.2) is 33.4 Å². The van der Waals surface area contributed by atoms with Crippen molar-refractivity contribution < 1.29 is 22.8 Å². The third kappa shape index (κ3) is 5.16. The first-order valence-electron chi connectivity index (χ1n) is 8.78. The highest BCUT2D eigenvalue weighted by molar-refractivity contribution is 7.99. The fourth-order valence-corrected chi connectivity index (χ4v) is 3.69. The highest BCUT2D eigenvalue weighted by atomic mass is 32.2. The van der Waals surface area contributed by atoms with Crippen LogP contribution < -0.4 is 0 Å². The molecule has 30 heavy (non-hydrogen) atoms. The van der Waals surface area contributed by atoms with Gasteiger partial charge in [-0.05, 0) is 29.5 Å². The summed E-state index contributed by atoms with van der Waals surface area (Å²) in [5.74, 6) is 0.621. The average molecular weight is 438 g/mol. The van der Waals surface area contributed by atoms with E-state index in [0.717, 1.165) is 29.5 Å². The highest BCUT2D eigenvalue weighted by Gasteiger charge is 2.33. The number of rotatable bonds is 8. The lowest BCUT2D eigenvalue weighted by molar-refractivity contribution is -0.388. The molecule has 0 atom stereocenters. The van der Waals surface area contributed by atoms with Gasteiger partial charge in [0.2, 0.25) is 0 Å². The monoisotopic (exact) mass is 438 g/mol. The Bertz CT molecular complexity index is 1030. The fourth-order valence-electron chi connectivity index (χ4n) is 2.73. The second kappa shape index (κ2) is 9.26. The van der Waals surface area contributed by atoms with E-state index in [4.69, 9.17) is 4.74 Å². The Morgan fingerprint density at radius 2 is 1.90 bits per heavy atom. The number of hydrogen-bond acceptors (Lipinski definition) is 6. The molecule has 0 N–H and O–H groups in total.